The number of nitrogens with two attached hydrogens (primary N) is 1. The number of rotatable bonds is 3. The number of nitrogen functional groups attached to an aromatic ring is 1. The van der Waals surface area contributed by atoms with E-state index < -0.39 is 0 Å². The predicted octanol–water partition coefficient (Wildman–Crippen LogP) is 3.44. The highest BCUT2D eigenvalue weighted by atomic mass is 16.5. The van der Waals surface area contributed by atoms with Gasteiger partial charge in [0.15, 0.2) is 0 Å². The number of hydrogen-bond acceptors (Lipinski definition) is 3. The Labute approximate surface area is 140 Å². The fourth-order valence-corrected chi connectivity index (χ4v) is 3.53. The number of aromatic nitrogens is 2. The van der Waals surface area contributed by atoms with E-state index in [1.165, 1.54) is 12.8 Å². The second-order valence-electron chi connectivity index (χ2n) is 6.51. The molecule has 1 aliphatic rings. The Kier molecular flexibility index (Phi) is 3.56. The van der Waals surface area contributed by atoms with Crippen molar-refractivity contribution in [3.8, 4) is 16.9 Å². The number of benzene rings is 1. The normalized spacial score (nSPS) is 15.2. The lowest BCUT2D eigenvalue weighted by Gasteiger charge is -2.18. The summed E-state index contributed by atoms with van der Waals surface area (Å²) in [6.07, 6.45) is 8.54. The molecule has 0 spiro atoms. The van der Waals surface area contributed by atoms with E-state index in [-0.39, 0.29) is 11.7 Å². The average Bonchev–Trinajstić information content (AvgIpc) is 3.24. The lowest BCUT2D eigenvalue weighted by molar-refractivity contribution is 0.211. The second kappa shape index (κ2) is 5.74. The van der Waals surface area contributed by atoms with Crippen LogP contribution in [0.1, 0.15) is 25.7 Å². The first-order chi connectivity index (χ1) is 11.6. The zero-order valence-electron chi connectivity index (χ0n) is 13.7. The summed E-state index contributed by atoms with van der Waals surface area (Å²) >= 11 is 0. The van der Waals surface area contributed by atoms with Crippen molar-refractivity contribution in [2.75, 3.05) is 5.73 Å². The molecule has 0 aliphatic heterocycles. The van der Waals surface area contributed by atoms with Gasteiger partial charge in [-0.25, -0.2) is 0 Å². The van der Waals surface area contributed by atoms with Crippen molar-refractivity contribution in [1.82, 2.24) is 9.55 Å². The average molecular weight is 323 g/mol. The van der Waals surface area contributed by atoms with E-state index in [0.717, 1.165) is 35.1 Å². The van der Waals surface area contributed by atoms with Crippen molar-refractivity contribution in [3.05, 3.63) is 47.0 Å². The number of fused-ring (bicyclic) bond motifs is 1. The Morgan fingerprint density at radius 2 is 2.00 bits per heavy atom. The maximum atomic E-state index is 12.3. The predicted molar refractivity (Wildman–Crippen MR) is 96.3 cm³/mol. The van der Waals surface area contributed by atoms with Gasteiger partial charge in [0.1, 0.15) is 11.3 Å². The highest BCUT2D eigenvalue weighted by Crippen LogP contribution is 2.37. The summed E-state index contributed by atoms with van der Waals surface area (Å²) in [6.45, 7) is 0. The van der Waals surface area contributed by atoms with Crippen molar-refractivity contribution < 1.29 is 4.74 Å². The molecule has 1 aromatic carbocycles. The van der Waals surface area contributed by atoms with Crippen LogP contribution in [0.4, 0.5) is 5.69 Å². The van der Waals surface area contributed by atoms with Crippen molar-refractivity contribution in [2.45, 2.75) is 31.8 Å². The SMILES string of the molecule is Cn1cc(-c2cc(N)ccc2OC2CCCC2)c2cc[nH]c2c1=O. The van der Waals surface area contributed by atoms with E-state index in [4.69, 9.17) is 10.5 Å². The van der Waals surface area contributed by atoms with Gasteiger partial charge in [0.05, 0.1) is 6.10 Å². The molecule has 3 aromatic rings. The Hall–Kier alpha value is -2.69. The van der Waals surface area contributed by atoms with Crippen LogP contribution >= 0.6 is 0 Å². The molecule has 4 rings (SSSR count). The lowest BCUT2D eigenvalue weighted by atomic mass is 10.0. The number of aryl methyl sites for hydroxylation is 1. The molecule has 124 valence electrons. The third-order valence-electron chi connectivity index (χ3n) is 4.78. The van der Waals surface area contributed by atoms with Crippen LogP contribution in [0.3, 0.4) is 0 Å². The minimum atomic E-state index is -0.0408. The largest absolute Gasteiger partial charge is 0.490 e. The van der Waals surface area contributed by atoms with Crippen molar-refractivity contribution in [2.24, 2.45) is 7.05 Å². The Balaban J connectivity index is 1.89. The third kappa shape index (κ3) is 2.46. The summed E-state index contributed by atoms with van der Waals surface area (Å²) < 4.78 is 7.85. The smallest absolute Gasteiger partial charge is 0.274 e. The number of ether oxygens (including phenoxy) is 1. The lowest BCUT2D eigenvalue weighted by Crippen LogP contribution is -2.17. The van der Waals surface area contributed by atoms with Crippen molar-refractivity contribution >= 4 is 16.6 Å². The van der Waals surface area contributed by atoms with Crippen LogP contribution in [0.15, 0.2) is 41.5 Å². The minimum Gasteiger partial charge on any atom is -0.490 e. The molecule has 0 saturated heterocycles. The summed E-state index contributed by atoms with van der Waals surface area (Å²) in [5, 5.41) is 0.889. The third-order valence-corrected chi connectivity index (χ3v) is 4.78. The van der Waals surface area contributed by atoms with Crippen LogP contribution in [0.25, 0.3) is 22.0 Å². The first-order valence-electron chi connectivity index (χ1n) is 8.37. The fraction of sp³-hybridized carbons (Fsp3) is 0.316. The van der Waals surface area contributed by atoms with Gasteiger partial charge in [0.2, 0.25) is 0 Å². The molecule has 5 heteroatoms. The summed E-state index contributed by atoms with van der Waals surface area (Å²) in [4.78, 5) is 15.3. The van der Waals surface area contributed by atoms with Crippen LogP contribution < -0.4 is 16.0 Å². The van der Waals surface area contributed by atoms with Crippen molar-refractivity contribution in [3.63, 3.8) is 0 Å². The van der Waals surface area contributed by atoms with Gasteiger partial charge in [-0.1, -0.05) is 0 Å². The molecule has 0 amide bonds. The molecule has 0 atom stereocenters. The summed E-state index contributed by atoms with van der Waals surface area (Å²) in [6, 6.07) is 7.65. The number of H-pyrrole nitrogens is 1. The fourth-order valence-electron chi connectivity index (χ4n) is 3.53. The molecule has 2 aromatic heterocycles. The molecule has 24 heavy (non-hydrogen) atoms. The highest BCUT2D eigenvalue weighted by molar-refractivity contribution is 5.96. The van der Waals surface area contributed by atoms with Crippen LogP contribution in [-0.2, 0) is 7.05 Å². The van der Waals surface area contributed by atoms with Gasteiger partial charge in [0, 0.05) is 41.6 Å². The zero-order valence-corrected chi connectivity index (χ0v) is 13.7. The molecular weight excluding hydrogens is 302 g/mol. The Morgan fingerprint density at radius 3 is 2.79 bits per heavy atom. The topological polar surface area (TPSA) is 73.0 Å². The van der Waals surface area contributed by atoms with E-state index in [9.17, 15) is 4.79 Å². The summed E-state index contributed by atoms with van der Waals surface area (Å²) in [5.74, 6) is 0.831. The van der Waals surface area contributed by atoms with E-state index in [2.05, 4.69) is 4.98 Å². The summed E-state index contributed by atoms with van der Waals surface area (Å²) in [7, 11) is 1.76. The Morgan fingerprint density at radius 1 is 1.21 bits per heavy atom. The molecule has 0 radical (unpaired) electrons. The molecule has 0 unspecified atom stereocenters. The molecule has 5 nitrogen and oxygen atoms in total. The number of pyridine rings is 1. The maximum absolute atomic E-state index is 12.3. The zero-order chi connectivity index (χ0) is 16.7. The van der Waals surface area contributed by atoms with Gasteiger partial charge in [-0.15, -0.1) is 0 Å². The van der Waals surface area contributed by atoms with Gasteiger partial charge in [0.25, 0.3) is 5.56 Å². The number of hydrogen-bond donors (Lipinski definition) is 2. The van der Waals surface area contributed by atoms with Gasteiger partial charge in [-0.3, -0.25) is 4.79 Å². The first-order valence-corrected chi connectivity index (χ1v) is 8.37. The molecule has 3 N–H and O–H groups in total. The van der Waals surface area contributed by atoms with E-state index >= 15 is 0 Å². The van der Waals surface area contributed by atoms with Gasteiger partial charge < -0.3 is 20.0 Å². The van der Waals surface area contributed by atoms with Crippen LogP contribution in [0.2, 0.25) is 0 Å². The highest BCUT2D eigenvalue weighted by Gasteiger charge is 2.20. The molecule has 0 bridgehead atoms. The van der Waals surface area contributed by atoms with Gasteiger partial charge >= 0.3 is 0 Å². The van der Waals surface area contributed by atoms with Gasteiger partial charge in [-0.2, -0.15) is 0 Å². The standard InChI is InChI=1S/C19H21N3O2/c1-22-11-16(14-8-9-21-18(14)19(22)23)15-10-12(20)6-7-17(15)24-13-4-2-3-5-13/h6-11,13,21H,2-5,20H2,1H3. The molecule has 1 fully saturated rings. The quantitative estimate of drug-likeness (QED) is 0.725. The molecule has 1 saturated carbocycles. The van der Waals surface area contributed by atoms with E-state index in [0.29, 0.717) is 11.2 Å². The summed E-state index contributed by atoms with van der Waals surface area (Å²) in [5.41, 5.74) is 9.16. The molecule has 2 heterocycles. The number of aromatic amines is 1. The first kappa shape index (κ1) is 14.9. The molecule has 1 aliphatic carbocycles. The van der Waals surface area contributed by atoms with Crippen LogP contribution in [0, 0.1) is 0 Å². The maximum Gasteiger partial charge on any atom is 0.274 e. The number of nitrogens with zero attached hydrogens (tertiary/aromatic N) is 1. The number of nitrogens with one attached hydrogen (secondary N) is 1. The molecular formula is C19H21N3O2. The monoisotopic (exact) mass is 323 g/mol. The van der Waals surface area contributed by atoms with Crippen LogP contribution in [-0.4, -0.2) is 15.7 Å². The second-order valence-corrected chi connectivity index (χ2v) is 6.51. The minimum absolute atomic E-state index is 0.0408. The van der Waals surface area contributed by atoms with Gasteiger partial charge in [-0.05, 0) is 49.9 Å². The van der Waals surface area contributed by atoms with E-state index in [1.54, 1.807) is 17.8 Å². The Bertz CT molecular complexity index is 949. The van der Waals surface area contributed by atoms with Crippen molar-refractivity contribution in [1.29, 1.82) is 0 Å². The van der Waals surface area contributed by atoms with Crippen LogP contribution in [0.5, 0.6) is 5.75 Å². The van der Waals surface area contributed by atoms with E-state index in [1.807, 2.05) is 30.5 Å². The number of anilines is 1.